The molecule has 1 amide bonds. The first kappa shape index (κ1) is 16.3. The van der Waals surface area contributed by atoms with E-state index in [4.69, 9.17) is 4.74 Å². The van der Waals surface area contributed by atoms with Gasteiger partial charge in [0.2, 0.25) is 0 Å². The van der Waals surface area contributed by atoms with Crippen molar-refractivity contribution in [3.8, 4) is 0 Å². The molecule has 0 atom stereocenters. The lowest BCUT2D eigenvalue weighted by atomic mass is 10.1. The molecule has 22 heavy (non-hydrogen) atoms. The molecule has 0 fully saturated rings. The van der Waals surface area contributed by atoms with Crippen LogP contribution in [0.4, 0.5) is 18.0 Å². The Kier molecular flexibility index (Phi) is 4.17. The highest BCUT2D eigenvalue weighted by Gasteiger charge is 2.32. The van der Waals surface area contributed by atoms with Gasteiger partial charge in [0, 0.05) is 12.7 Å². The minimum atomic E-state index is -4.41. The van der Waals surface area contributed by atoms with E-state index in [1.807, 2.05) is 0 Å². The van der Waals surface area contributed by atoms with Crippen LogP contribution in [0.5, 0.6) is 0 Å². The third kappa shape index (κ3) is 3.99. The number of ether oxygens (including phenoxy) is 1. The van der Waals surface area contributed by atoms with Crippen LogP contribution in [0.15, 0.2) is 24.4 Å². The molecule has 7 heteroatoms. The second-order valence-electron chi connectivity index (χ2n) is 6.02. The maximum Gasteiger partial charge on any atom is 0.416 e. The lowest BCUT2D eigenvalue weighted by Crippen LogP contribution is -2.35. The number of alkyl halides is 3. The molecule has 4 nitrogen and oxygen atoms in total. The van der Waals surface area contributed by atoms with Crippen LogP contribution >= 0.6 is 0 Å². The summed E-state index contributed by atoms with van der Waals surface area (Å²) >= 11 is 0. The summed E-state index contributed by atoms with van der Waals surface area (Å²) in [6.45, 7) is 5.74. The highest BCUT2D eigenvalue weighted by atomic mass is 19.4. The first-order chi connectivity index (χ1) is 10.1. The van der Waals surface area contributed by atoms with E-state index >= 15 is 0 Å². The van der Waals surface area contributed by atoms with Crippen molar-refractivity contribution >= 4 is 11.7 Å². The SMILES string of the molecule is CC(C)(C)OC(=O)N1CC=C(c2cc(C(F)(F)F)ccn2)C1. The Morgan fingerprint density at radius 3 is 2.59 bits per heavy atom. The summed E-state index contributed by atoms with van der Waals surface area (Å²) in [4.78, 5) is 17.3. The quantitative estimate of drug-likeness (QED) is 0.793. The Morgan fingerprint density at radius 1 is 1.32 bits per heavy atom. The van der Waals surface area contributed by atoms with E-state index in [9.17, 15) is 18.0 Å². The molecule has 0 aromatic carbocycles. The summed E-state index contributed by atoms with van der Waals surface area (Å²) in [7, 11) is 0. The maximum atomic E-state index is 12.7. The number of halogens is 3. The van der Waals surface area contributed by atoms with E-state index in [1.165, 1.54) is 4.90 Å². The van der Waals surface area contributed by atoms with Crippen molar-refractivity contribution in [3.63, 3.8) is 0 Å². The second kappa shape index (κ2) is 5.62. The summed E-state index contributed by atoms with van der Waals surface area (Å²) in [6.07, 6.45) is -2.10. The van der Waals surface area contributed by atoms with Crippen molar-refractivity contribution in [2.24, 2.45) is 0 Å². The molecule has 0 spiro atoms. The normalized spacial score (nSPS) is 15.7. The minimum Gasteiger partial charge on any atom is -0.444 e. The van der Waals surface area contributed by atoms with E-state index < -0.39 is 23.4 Å². The topological polar surface area (TPSA) is 42.4 Å². The van der Waals surface area contributed by atoms with Crippen LogP contribution in [-0.2, 0) is 10.9 Å². The van der Waals surface area contributed by atoms with E-state index in [0.29, 0.717) is 12.1 Å². The van der Waals surface area contributed by atoms with Gasteiger partial charge in [0.25, 0.3) is 0 Å². The smallest absolute Gasteiger partial charge is 0.416 e. The van der Waals surface area contributed by atoms with Crippen LogP contribution in [0, 0.1) is 0 Å². The highest BCUT2D eigenvalue weighted by molar-refractivity contribution is 5.76. The standard InChI is InChI=1S/C15H17F3N2O2/c1-14(2,3)22-13(21)20-7-5-10(9-20)12-8-11(4-6-19-12)15(16,17)18/h4-6,8H,7,9H2,1-3H3. The lowest BCUT2D eigenvalue weighted by Gasteiger charge is -2.24. The van der Waals surface area contributed by atoms with Crippen LogP contribution in [0.2, 0.25) is 0 Å². The monoisotopic (exact) mass is 314 g/mol. The zero-order valence-corrected chi connectivity index (χ0v) is 12.6. The number of hydrogen-bond donors (Lipinski definition) is 0. The zero-order valence-electron chi connectivity index (χ0n) is 12.6. The first-order valence-electron chi connectivity index (χ1n) is 6.77. The van der Waals surface area contributed by atoms with Crippen molar-refractivity contribution in [3.05, 3.63) is 35.7 Å². The fraction of sp³-hybridized carbons (Fsp3) is 0.467. The molecule has 0 saturated heterocycles. The molecule has 1 aliphatic heterocycles. The molecule has 120 valence electrons. The molecule has 2 rings (SSSR count). The predicted octanol–water partition coefficient (Wildman–Crippen LogP) is 3.73. The molecular formula is C15H17F3N2O2. The Bertz CT molecular complexity index is 604. The Morgan fingerprint density at radius 2 is 2.00 bits per heavy atom. The first-order valence-corrected chi connectivity index (χ1v) is 6.77. The minimum absolute atomic E-state index is 0.184. The summed E-state index contributed by atoms with van der Waals surface area (Å²) in [5.74, 6) is 0. The lowest BCUT2D eigenvalue weighted by molar-refractivity contribution is -0.137. The highest BCUT2D eigenvalue weighted by Crippen LogP contribution is 2.31. The van der Waals surface area contributed by atoms with Gasteiger partial charge in [-0.3, -0.25) is 4.98 Å². The predicted molar refractivity (Wildman–Crippen MR) is 75.0 cm³/mol. The van der Waals surface area contributed by atoms with Crippen LogP contribution in [-0.4, -0.2) is 34.7 Å². The van der Waals surface area contributed by atoms with Gasteiger partial charge in [-0.1, -0.05) is 6.08 Å². The van der Waals surface area contributed by atoms with Crippen molar-refractivity contribution in [1.29, 1.82) is 0 Å². The molecule has 0 aliphatic carbocycles. The van der Waals surface area contributed by atoms with Crippen LogP contribution < -0.4 is 0 Å². The number of pyridine rings is 1. The van der Waals surface area contributed by atoms with E-state index in [-0.39, 0.29) is 12.2 Å². The summed E-state index contributed by atoms with van der Waals surface area (Å²) < 4.78 is 43.4. The fourth-order valence-electron chi connectivity index (χ4n) is 1.99. The zero-order chi connectivity index (χ0) is 16.5. The van der Waals surface area contributed by atoms with Gasteiger partial charge in [0.1, 0.15) is 5.60 Å². The van der Waals surface area contributed by atoms with Crippen molar-refractivity contribution in [2.75, 3.05) is 13.1 Å². The molecule has 0 N–H and O–H groups in total. The average Bonchev–Trinajstić information content (AvgIpc) is 2.85. The molecule has 1 aromatic heterocycles. The molecule has 0 unspecified atom stereocenters. The number of hydrogen-bond acceptors (Lipinski definition) is 3. The van der Waals surface area contributed by atoms with Crippen molar-refractivity contribution in [2.45, 2.75) is 32.5 Å². The number of nitrogens with zero attached hydrogens (tertiary/aromatic N) is 2. The largest absolute Gasteiger partial charge is 0.444 e. The van der Waals surface area contributed by atoms with Gasteiger partial charge >= 0.3 is 12.3 Å². The van der Waals surface area contributed by atoms with E-state index in [2.05, 4.69) is 4.98 Å². The Hall–Kier alpha value is -2.05. The molecule has 0 radical (unpaired) electrons. The van der Waals surface area contributed by atoms with Gasteiger partial charge in [-0.2, -0.15) is 13.2 Å². The third-order valence-corrected chi connectivity index (χ3v) is 2.99. The summed E-state index contributed by atoms with van der Waals surface area (Å²) in [5, 5.41) is 0. The summed E-state index contributed by atoms with van der Waals surface area (Å²) in [6, 6.07) is 1.91. The van der Waals surface area contributed by atoms with Crippen molar-refractivity contribution < 1.29 is 22.7 Å². The third-order valence-electron chi connectivity index (χ3n) is 2.99. The van der Waals surface area contributed by atoms with E-state index in [0.717, 1.165) is 18.3 Å². The van der Waals surface area contributed by atoms with Crippen LogP contribution in [0.3, 0.4) is 0 Å². The van der Waals surface area contributed by atoms with Crippen LogP contribution in [0.25, 0.3) is 5.57 Å². The van der Waals surface area contributed by atoms with Crippen molar-refractivity contribution in [1.82, 2.24) is 9.88 Å². The Balaban J connectivity index is 2.09. The second-order valence-corrected chi connectivity index (χ2v) is 6.02. The van der Waals surface area contributed by atoms with Gasteiger partial charge in [-0.15, -0.1) is 0 Å². The molecule has 2 heterocycles. The fourth-order valence-corrected chi connectivity index (χ4v) is 1.99. The van der Waals surface area contributed by atoms with Gasteiger partial charge in [-0.05, 0) is 38.5 Å². The average molecular weight is 314 g/mol. The number of carbonyl (C=O) groups is 1. The number of carbonyl (C=O) groups excluding carboxylic acids is 1. The molecule has 1 aliphatic rings. The molecule has 1 aromatic rings. The number of amides is 1. The number of aromatic nitrogens is 1. The molecule has 0 bridgehead atoms. The molecular weight excluding hydrogens is 297 g/mol. The Labute approximate surface area is 126 Å². The summed E-state index contributed by atoms with van der Waals surface area (Å²) in [5.41, 5.74) is -0.569. The number of rotatable bonds is 1. The maximum absolute atomic E-state index is 12.7. The van der Waals surface area contributed by atoms with Gasteiger partial charge in [0.15, 0.2) is 0 Å². The van der Waals surface area contributed by atoms with Crippen LogP contribution in [0.1, 0.15) is 32.0 Å². The van der Waals surface area contributed by atoms with Gasteiger partial charge in [-0.25, -0.2) is 4.79 Å². The van der Waals surface area contributed by atoms with E-state index in [1.54, 1.807) is 26.8 Å². The van der Waals surface area contributed by atoms with Gasteiger partial charge in [0.05, 0.1) is 17.8 Å². The van der Waals surface area contributed by atoms with Gasteiger partial charge < -0.3 is 9.64 Å². The molecule has 0 saturated carbocycles.